The molecule has 0 saturated heterocycles. The van der Waals surface area contributed by atoms with Crippen molar-refractivity contribution in [3.05, 3.63) is 50.6 Å². The lowest BCUT2D eigenvalue weighted by Gasteiger charge is -2.05. The normalized spacial score (nSPS) is 10.6. The minimum atomic E-state index is -0.203. The van der Waals surface area contributed by atoms with Crippen molar-refractivity contribution in [2.45, 2.75) is 6.92 Å². The molecule has 1 heterocycles. The van der Waals surface area contributed by atoms with Gasteiger partial charge in [0.25, 0.3) is 0 Å². The number of halogens is 2. The molecule has 0 aliphatic carbocycles. The van der Waals surface area contributed by atoms with Crippen LogP contribution in [0.4, 0.5) is 0 Å². The molecule has 5 heteroatoms. The van der Waals surface area contributed by atoms with Gasteiger partial charge in [-0.25, -0.2) is 4.79 Å². The zero-order valence-corrected chi connectivity index (χ0v) is 9.43. The van der Waals surface area contributed by atoms with Gasteiger partial charge in [0.1, 0.15) is 0 Å². The Balaban J connectivity index is 2.69. The molecule has 78 valence electrons. The Morgan fingerprint density at radius 2 is 1.80 bits per heavy atom. The lowest BCUT2D eigenvalue weighted by Crippen LogP contribution is -2.15. The van der Waals surface area contributed by atoms with Gasteiger partial charge in [0, 0.05) is 21.9 Å². The zero-order chi connectivity index (χ0) is 11.0. The lowest BCUT2D eigenvalue weighted by atomic mass is 10.3. The molecule has 0 saturated carbocycles. The number of imidazole rings is 1. The van der Waals surface area contributed by atoms with Crippen LogP contribution in [0, 0.1) is 6.92 Å². The van der Waals surface area contributed by atoms with Gasteiger partial charge in [0.15, 0.2) is 0 Å². The Bertz CT molecular complexity index is 537. The summed E-state index contributed by atoms with van der Waals surface area (Å²) in [5, 5.41) is 1.01. The molecule has 0 spiro atoms. The van der Waals surface area contributed by atoms with Crippen LogP contribution in [0.2, 0.25) is 10.0 Å². The van der Waals surface area contributed by atoms with Crippen LogP contribution in [0.3, 0.4) is 0 Å². The summed E-state index contributed by atoms with van der Waals surface area (Å²) >= 11 is 11.7. The summed E-state index contributed by atoms with van der Waals surface area (Å²) in [6, 6.07) is 5.00. The second kappa shape index (κ2) is 3.76. The Morgan fingerprint density at radius 3 is 2.27 bits per heavy atom. The van der Waals surface area contributed by atoms with Crippen molar-refractivity contribution in [2.24, 2.45) is 0 Å². The summed E-state index contributed by atoms with van der Waals surface area (Å²) in [5.74, 6) is 0. The van der Waals surface area contributed by atoms with Crippen molar-refractivity contribution >= 4 is 23.2 Å². The SMILES string of the molecule is Cc1c[nH]c(=O)n1-c1cc(Cl)cc(Cl)c1. The van der Waals surface area contributed by atoms with Crippen molar-refractivity contribution in [1.29, 1.82) is 0 Å². The highest BCUT2D eigenvalue weighted by Crippen LogP contribution is 2.21. The van der Waals surface area contributed by atoms with Gasteiger partial charge in [-0.2, -0.15) is 0 Å². The van der Waals surface area contributed by atoms with Crippen molar-refractivity contribution in [3.63, 3.8) is 0 Å². The molecule has 2 rings (SSSR count). The fraction of sp³-hybridized carbons (Fsp3) is 0.100. The predicted molar refractivity (Wildman–Crippen MR) is 61.1 cm³/mol. The minimum Gasteiger partial charge on any atom is -0.312 e. The minimum absolute atomic E-state index is 0.203. The molecule has 0 radical (unpaired) electrons. The highest BCUT2D eigenvalue weighted by Gasteiger charge is 2.06. The average Bonchev–Trinajstić information content (AvgIpc) is 2.44. The van der Waals surface area contributed by atoms with Crippen molar-refractivity contribution in [1.82, 2.24) is 9.55 Å². The highest BCUT2D eigenvalue weighted by atomic mass is 35.5. The maximum absolute atomic E-state index is 11.5. The van der Waals surface area contributed by atoms with Gasteiger partial charge in [-0.05, 0) is 25.1 Å². The van der Waals surface area contributed by atoms with Gasteiger partial charge < -0.3 is 4.98 Å². The van der Waals surface area contributed by atoms with Crippen molar-refractivity contribution in [3.8, 4) is 5.69 Å². The summed E-state index contributed by atoms with van der Waals surface area (Å²) < 4.78 is 1.51. The summed E-state index contributed by atoms with van der Waals surface area (Å²) in [6.45, 7) is 1.83. The molecule has 1 aromatic heterocycles. The molecule has 15 heavy (non-hydrogen) atoms. The van der Waals surface area contributed by atoms with E-state index in [9.17, 15) is 4.79 Å². The summed E-state index contributed by atoms with van der Waals surface area (Å²) in [4.78, 5) is 14.1. The molecule has 1 N–H and O–H groups in total. The van der Waals surface area contributed by atoms with E-state index in [2.05, 4.69) is 4.98 Å². The van der Waals surface area contributed by atoms with E-state index in [-0.39, 0.29) is 5.69 Å². The first-order chi connectivity index (χ1) is 7.08. The number of rotatable bonds is 1. The molecular formula is C10H8Cl2N2O. The van der Waals surface area contributed by atoms with E-state index in [4.69, 9.17) is 23.2 Å². The van der Waals surface area contributed by atoms with Gasteiger partial charge in [-0.1, -0.05) is 23.2 Å². The molecule has 2 aromatic rings. The molecule has 1 aromatic carbocycles. The summed E-state index contributed by atoms with van der Waals surface area (Å²) in [6.07, 6.45) is 1.64. The number of benzene rings is 1. The van der Waals surface area contributed by atoms with Crippen molar-refractivity contribution in [2.75, 3.05) is 0 Å². The van der Waals surface area contributed by atoms with E-state index in [1.54, 1.807) is 24.4 Å². The van der Waals surface area contributed by atoms with Gasteiger partial charge in [-0.15, -0.1) is 0 Å². The molecule has 0 atom stereocenters. The van der Waals surface area contributed by atoms with E-state index >= 15 is 0 Å². The molecule has 0 fully saturated rings. The maximum Gasteiger partial charge on any atom is 0.330 e. The molecular weight excluding hydrogens is 235 g/mol. The highest BCUT2D eigenvalue weighted by molar-refractivity contribution is 6.34. The first-order valence-electron chi connectivity index (χ1n) is 4.31. The van der Waals surface area contributed by atoms with Gasteiger partial charge in [0.05, 0.1) is 5.69 Å². The topological polar surface area (TPSA) is 37.8 Å². The molecule has 3 nitrogen and oxygen atoms in total. The fourth-order valence-corrected chi connectivity index (χ4v) is 1.96. The van der Waals surface area contributed by atoms with Crippen LogP contribution in [-0.4, -0.2) is 9.55 Å². The molecule has 0 unspecified atom stereocenters. The Hall–Kier alpha value is -1.19. The first kappa shape index (κ1) is 10.3. The van der Waals surface area contributed by atoms with Crippen LogP contribution in [-0.2, 0) is 0 Å². The predicted octanol–water partition coefficient (Wildman–Crippen LogP) is 2.78. The Morgan fingerprint density at radius 1 is 1.20 bits per heavy atom. The molecule has 0 bridgehead atoms. The first-order valence-corrected chi connectivity index (χ1v) is 5.07. The molecule has 0 aliphatic rings. The quantitative estimate of drug-likeness (QED) is 0.821. The number of hydrogen-bond acceptors (Lipinski definition) is 1. The molecule has 0 aliphatic heterocycles. The Labute approximate surface area is 96.3 Å². The third kappa shape index (κ3) is 1.94. The number of hydrogen-bond donors (Lipinski definition) is 1. The number of nitrogens with one attached hydrogen (secondary N) is 1. The molecule has 0 amide bonds. The monoisotopic (exact) mass is 242 g/mol. The summed E-state index contributed by atoms with van der Waals surface area (Å²) in [7, 11) is 0. The standard InChI is InChI=1S/C10H8Cl2N2O/c1-6-5-13-10(15)14(6)9-3-7(11)2-8(12)4-9/h2-5H,1H3,(H,13,15). The zero-order valence-electron chi connectivity index (χ0n) is 7.92. The van der Waals surface area contributed by atoms with Crippen LogP contribution >= 0.6 is 23.2 Å². The third-order valence-corrected chi connectivity index (χ3v) is 2.50. The van der Waals surface area contributed by atoms with Gasteiger partial charge in [-0.3, -0.25) is 4.57 Å². The van der Waals surface area contributed by atoms with Gasteiger partial charge >= 0.3 is 5.69 Å². The number of aryl methyl sites for hydroxylation is 1. The Kier molecular flexibility index (Phi) is 2.59. The largest absolute Gasteiger partial charge is 0.330 e. The van der Waals surface area contributed by atoms with E-state index < -0.39 is 0 Å². The number of aromatic nitrogens is 2. The van der Waals surface area contributed by atoms with Crippen molar-refractivity contribution < 1.29 is 0 Å². The lowest BCUT2D eigenvalue weighted by molar-refractivity contribution is 0.949. The van der Waals surface area contributed by atoms with Crippen LogP contribution in [0.15, 0.2) is 29.2 Å². The number of H-pyrrole nitrogens is 1. The second-order valence-electron chi connectivity index (χ2n) is 3.20. The third-order valence-electron chi connectivity index (χ3n) is 2.07. The van der Waals surface area contributed by atoms with Crippen LogP contribution < -0.4 is 5.69 Å². The number of aromatic amines is 1. The smallest absolute Gasteiger partial charge is 0.312 e. The van der Waals surface area contributed by atoms with Crippen LogP contribution in [0.5, 0.6) is 0 Å². The van der Waals surface area contributed by atoms with E-state index in [1.165, 1.54) is 4.57 Å². The average molecular weight is 243 g/mol. The van der Waals surface area contributed by atoms with Crippen LogP contribution in [0.1, 0.15) is 5.69 Å². The van der Waals surface area contributed by atoms with E-state index in [1.807, 2.05) is 6.92 Å². The van der Waals surface area contributed by atoms with Gasteiger partial charge in [0.2, 0.25) is 0 Å². The number of nitrogens with zero attached hydrogens (tertiary/aromatic N) is 1. The second-order valence-corrected chi connectivity index (χ2v) is 4.07. The fourth-order valence-electron chi connectivity index (χ4n) is 1.44. The maximum atomic E-state index is 11.5. The van der Waals surface area contributed by atoms with E-state index in [0.29, 0.717) is 15.7 Å². The summed E-state index contributed by atoms with van der Waals surface area (Å²) in [5.41, 5.74) is 1.26. The van der Waals surface area contributed by atoms with Crippen LogP contribution in [0.25, 0.3) is 5.69 Å². The van der Waals surface area contributed by atoms with E-state index in [0.717, 1.165) is 5.69 Å².